The molecule has 0 aliphatic heterocycles. The molecule has 0 aromatic heterocycles. The third-order valence-corrected chi connectivity index (χ3v) is 3.00. The van der Waals surface area contributed by atoms with Gasteiger partial charge in [0.2, 0.25) is 0 Å². The van der Waals surface area contributed by atoms with E-state index in [4.69, 9.17) is 9.84 Å². The maximum absolute atomic E-state index is 11.6. The van der Waals surface area contributed by atoms with Gasteiger partial charge in [-0.05, 0) is 18.1 Å². The molecule has 0 fully saturated rings. The molecule has 5 heteroatoms. The van der Waals surface area contributed by atoms with Crippen LogP contribution in [0.15, 0.2) is 30.3 Å². The first-order chi connectivity index (χ1) is 9.06. The predicted molar refractivity (Wildman–Crippen MR) is 70.7 cm³/mol. The molecular weight excluding hydrogens is 246 g/mol. The number of aliphatic carboxylic acids is 1. The van der Waals surface area contributed by atoms with E-state index in [0.717, 1.165) is 6.42 Å². The first kappa shape index (κ1) is 15.2. The first-order valence-electron chi connectivity index (χ1n) is 6.24. The molecule has 1 aromatic carbocycles. The summed E-state index contributed by atoms with van der Waals surface area (Å²) in [5.41, 5.74) is 0.444. The number of nitrogens with one attached hydrogen (secondary N) is 1. The van der Waals surface area contributed by atoms with E-state index in [9.17, 15) is 9.59 Å². The zero-order chi connectivity index (χ0) is 14.3. The molecule has 0 amide bonds. The molecule has 0 radical (unpaired) electrons. The number of carboxylic acid groups (broad SMARTS) is 1. The molecule has 0 saturated carbocycles. The van der Waals surface area contributed by atoms with Crippen LogP contribution in [0.2, 0.25) is 0 Å². The van der Waals surface area contributed by atoms with Crippen molar-refractivity contribution >= 4 is 11.9 Å². The van der Waals surface area contributed by atoms with Crippen LogP contribution in [-0.4, -0.2) is 29.8 Å². The second kappa shape index (κ2) is 7.53. The molecule has 2 atom stereocenters. The Kier molecular flexibility index (Phi) is 6.02. The van der Waals surface area contributed by atoms with Crippen molar-refractivity contribution in [1.82, 2.24) is 5.32 Å². The Hall–Kier alpha value is -1.88. The highest BCUT2D eigenvalue weighted by atomic mass is 16.5. The van der Waals surface area contributed by atoms with Gasteiger partial charge in [-0.15, -0.1) is 0 Å². The third kappa shape index (κ3) is 4.71. The van der Waals surface area contributed by atoms with Crippen molar-refractivity contribution in [3.8, 4) is 0 Å². The normalized spacial score (nSPS) is 13.6. The number of esters is 1. The highest BCUT2D eigenvalue weighted by Crippen LogP contribution is 2.08. The van der Waals surface area contributed by atoms with Crippen molar-refractivity contribution in [2.45, 2.75) is 26.3 Å². The first-order valence-corrected chi connectivity index (χ1v) is 6.24. The summed E-state index contributed by atoms with van der Waals surface area (Å²) in [6.07, 6.45) is 0.733. The van der Waals surface area contributed by atoms with E-state index in [0.29, 0.717) is 5.56 Å². The van der Waals surface area contributed by atoms with Crippen LogP contribution in [0.4, 0.5) is 0 Å². The lowest BCUT2D eigenvalue weighted by Gasteiger charge is -2.19. The molecule has 104 valence electrons. The molecule has 2 N–H and O–H groups in total. The summed E-state index contributed by atoms with van der Waals surface area (Å²) in [6, 6.07) is 7.86. The van der Waals surface area contributed by atoms with Gasteiger partial charge in [-0.3, -0.25) is 10.1 Å². The molecule has 0 aliphatic rings. The molecule has 0 aliphatic carbocycles. The lowest BCUT2D eigenvalue weighted by atomic mass is 10.00. The molecule has 0 bridgehead atoms. The lowest BCUT2D eigenvalue weighted by molar-refractivity contribution is -0.141. The maximum atomic E-state index is 11.6. The Morgan fingerprint density at radius 3 is 2.47 bits per heavy atom. The molecule has 0 spiro atoms. The number of benzene rings is 1. The van der Waals surface area contributed by atoms with Crippen molar-refractivity contribution < 1.29 is 19.4 Å². The van der Waals surface area contributed by atoms with Gasteiger partial charge >= 0.3 is 11.9 Å². The zero-order valence-corrected chi connectivity index (χ0v) is 11.1. The molecule has 0 heterocycles. The smallest absolute Gasteiger partial charge is 0.339 e. The Labute approximate surface area is 112 Å². The van der Waals surface area contributed by atoms with Gasteiger partial charge in [0.25, 0.3) is 0 Å². The Balaban J connectivity index is 2.44. The van der Waals surface area contributed by atoms with Gasteiger partial charge in [0.15, 0.2) is 0 Å². The molecule has 1 aromatic rings. The average Bonchev–Trinajstić information content (AvgIpc) is 2.43. The van der Waals surface area contributed by atoms with Crippen LogP contribution in [0.25, 0.3) is 0 Å². The minimum Gasteiger partial charge on any atom is -0.480 e. The standard InChI is InChI=1S/C14H19NO4/c1-3-10(2)12(13(16)17)15-9-19-14(18)11-7-5-4-6-8-11/h4-8,10,12,15H,3,9H2,1-2H3,(H,16,17)/t10?,12-/m1/s1. The number of carbonyl (C=O) groups excluding carboxylic acids is 1. The van der Waals surface area contributed by atoms with Crippen LogP contribution < -0.4 is 5.32 Å². The van der Waals surface area contributed by atoms with E-state index in [1.54, 1.807) is 30.3 Å². The second-order valence-corrected chi connectivity index (χ2v) is 4.35. The highest BCUT2D eigenvalue weighted by Gasteiger charge is 2.23. The topological polar surface area (TPSA) is 75.6 Å². The summed E-state index contributed by atoms with van der Waals surface area (Å²) in [4.78, 5) is 22.7. The molecule has 1 unspecified atom stereocenters. The number of rotatable bonds is 7. The summed E-state index contributed by atoms with van der Waals surface area (Å²) in [5, 5.41) is 11.8. The van der Waals surface area contributed by atoms with Crippen molar-refractivity contribution in [3.63, 3.8) is 0 Å². The minimum atomic E-state index is -0.940. The van der Waals surface area contributed by atoms with E-state index in [2.05, 4.69) is 5.32 Å². The molecule has 5 nitrogen and oxygen atoms in total. The predicted octanol–water partition coefficient (Wildman–Crippen LogP) is 1.89. The number of carboxylic acids is 1. The number of hydrogen-bond donors (Lipinski definition) is 2. The molecule has 19 heavy (non-hydrogen) atoms. The quantitative estimate of drug-likeness (QED) is 0.581. The number of carbonyl (C=O) groups is 2. The van der Waals surface area contributed by atoms with Crippen molar-refractivity contribution in [2.75, 3.05) is 6.73 Å². The summed E-state index contributed by atoms with van der Waals surface area (Å²) >= 11 is 0. The number of hydrogen-bond acceptors (Lipinski definition) is 4. The van der Waals surface area contributed by atoms with E-state index in [1.807, 2.05) is 13.8 Å². The van der Waals surface area contributed by atoms with Crippen LogP contribution in [0.1, 0.15) is 30.6 Å². The summed E-state index contributed by atoms with van der Waals surface area (Å²) in [6.45, 7) is 3.64. The maximum Gasteiger partial charge on any atom is 0.339 e. The summed E-state index contributed by atoms with van der Waals surface area (Å²) in [5.74, 6) is -1.44. The fourth-order valence-corrected chi connectivity index (χ4v) is 1.62. The van der Waals surface area contributed by atoms with E-state index in [1.165, 1.54) is 0 Å². The van der Waals surface area contributed by atoms with Crippen LogP contribution in [0.5, 0.6) is 0 Å². The molecule has 1 rings (SSSR count). The SMILES string of the molecule is CCC(C)[C@@H](NCOC(=O)c1ccccc1)C(=O)O. The lowest BCUT2D eigenvalue weighted by Crippen LogP contribution is -2.43. The fraction of sp³-hybridized carbons (Fsp3) is 0.429. The zero-order valence-electron chi connectivity index (χ0n) is 11.1. The minimum absolute atomic E-state index is 0.0343. The van der Waals surface area contributed by atoms with Crippen molar-refractivity contribution in [2.24, 2.45) is 5.92 Å². The summed E-state index contributed by atoms with van der Waals surface area (Å²) < 4.78 is 4.99. The van der Waals surface area contributed by atoms with Gasteiger partial charge in [-0.25, -0.2) is 4.79 Å². The van der Waals surface area contributed by atoms with Crippen LogP contribution in [0.3, 0.4) is 0 Å². The Morgan fingerprint density at radius 2 is 1.95 bits per heavy atom. The molecular formula is C14H19NO4. The van der Waals surface area contributed by atoms with Gasteiger partial charge in [0.05, 0.1) is 5.56 Å². The van der Waals surface area contributed by atoms with Crippen molar-refractivity contribution in [1.29, 1.82) is 0 Å². The van der Waals surface area contributed by atoms with Gasteiger partial charge in [0, 0.05) is 0 Å². The van der Waals surface area contributed by atoms with E-state index < -0.39 is 18.0 Å². The van der Waals surface area contributed by atoms with Crippen LogP contribution in [-0.2, 0) is 9.53 Å². The van der Waals surface area contributed by atoms with Crippen LogP contribution in [0, 0.1) is 5.92 Å². The fourth-order valence-electron chi connectivity index (χ4n) is 1.62. The van der Waals surface area contributed by atoms with Gasteiger partial charge in [0.1, 0.15) is 12.8 Å². The average molecular weight is 265 g/mol. The van der Waals surface area contributed by atoms with E-state index >= 15 is 0 Å². The Morgan fingerprint density at radius 1 is 1.32 bits per heavy atom. The van der Waals surface area contributed by atoms with Gasteiger partial charge in [-0.2, -0.15) is 0 Å². The van der Waals surface area contributed by atoms with E-state index in [-0.39, 0.29) is 12.6 Å². The summed E-state index contributed by atoms with van der Waals surface area (Å²) in [7, 11) is 0. The highest BCUT2D eigenvalue weighted by molar-refractivity contribution is 5.89. The molecule has 0 saturated heterocycles. The third-order valence-electron chi connectivity index (χ3n) is 3.00. The Bertz CT molecular complexity index is 419. The van der Waals surface area contributed by atoms with Crippen LogP contribution >= 0.6 is 0 Å². The van der Waals surface area contributed by atoms with Gasteiger partial charge < -0.3 is 9.84 Å². The largest absolute Gasteiger partial charge is 0.480 e. The van der Waals surface area contributed by atoms with Crippen molar-refractivity contribution in [3.05, 3.63) is 35.9 Å². The van der Waals surface area contributed by atoms with Gasteiger partial charge in [-0.1, -0.05) is 38.5 Å². The second-order valence-electron chi connectivity index (χ2n) is 4.35. The number of ether oxygens (including phenoxy) is 1. The monoisotopic (exact) mass is 265 g/mol.